The van der Waals surface area contributed by atoms with Gasteiger partial charge in [-0.15, -0.1) is 32.8 Å². The summed E-state index contributed by atoms with van der Waals surface area (Å²) in [7, 11) is 128. The van der Waals surface area contributed by atoms with Gasteiger partial charge in [0.15, 0.2) is 0 Å². The van der Waals surface area contributed by atoms with Crippen LogP contribution in [0.15, 0.2) is 34.7 Å². The lowest BCUT2D eigenvalue weighted by molar-refractivity contribution is 0.675. The molecule has 38 radical (unpaired) electrons. The van der Waals surface area contributed by atoms with Gasteiger partial charge in [-0.3, -0.25) is 0 Å². The molecule has 58 heavy (non-hydrogen) atoms. The Hall–Kier alpha value is -3.91. The lowest BCUT2D eigenvalue weighted by Crippen LogP contribution is -2.51. The van der Waals surface area contributed by atoms with Crippen LogP contribution >= 0.6 is 0 Å². The largest absolute Gasteiger partial charge is 0.457 e. The SMILES string of the molecule is [B]c1c([B])c(-c2c3c([B])c([B])c([B])c([B])c3c(-c3c([B])c([B])c4oc5c([B])c([B])c([B])c([B])c5c4c3[B])c3c([B])c([B])c([B])c([B])c23)c([B])c([B])c1-c1ccccc1. The van der Waals surface area contributed by atoms with Crippen molar-refractivity contribution in [3.8, 4) is 33.4 Å². The van der Waals surface area contributed by atoms with E-state index in [9.17, 15) is 0 Å². The van der Waals surface area contributed by atoms with Crippen LogP contribution in [0.2, 0.25) is 0 Å². The van der Waals surface area contributed by atoms with Crippen LogP contribution < -0.4 is 104 Å². The number of fused-ring (bicyclic) bond motifs is 5. The van der Waals surface area contributed by atoms with Crippen molar-refractivity contribution in [1.29, 1.82) is 0 Å². The standard InChI is InChI=1S/C38H5B19O/c39-18-14(27(48)35(56)37-16(18)17-28(49)33(54)34(55)36(57)38(17)58-37)8-10-12(23(44)31(52)29(50)21(10)42)9(13-11(8)22(43)30(51)32(53)24(13)45)15-25(46)19(40)7(20(41)26(15)47)6-4-2-1-3-5-6/h1-5H. The van der Waals surface area contributed by atoms with Crippen molar-refractivity contribution in [2.75, 3.05) is 0 Å². The molecule has 0 fully saturated rings. The lowest BCUT2D eigenvalue weighted by atomic mass is 9.56. The van der Waals surface area contributed by atoms with Crippen molar-refractivity contribution in [2.45, 2.75) is 0 Å². The van der Waals surface area contributed by atoms with E-state index in [0.717, 1.165) is 0 Å². The minimum absolute atomic E-state index is 0.00813. The van der Waals surface area contributed by atoms with Gasteiger partial charge in [0.1, 0.15) is 160 Å². The predicted octanol–water partition coefficient (Wildman–Crippen LogP) is -12.0. The molecule has 1 heterocycles. The maximum Gasteiger partial charge on any atom is 0.127 e. The smallest absolute Gasteiger partial charge is 0.127 e. The van der Waals surface area contributed by atoms with Crippen molar-refractivity contribution in [1.82, 2.24) is 0 Å². The maximum absolute atomic E-state index is 7.15. The number of furan rings is 1. The van der Waals surface area contributed by atoms with Gasteiger partial charge in [-0.1, -0.05) is 101 Å². The summed E-state index contributed by atoms with van der Waals surface area (Å²) in [6, 6.07) is 9.05. The van der Waals surface area contributed by atoms with Crippen LogP contribution in [0.25, 0.3) is 76.9 Å². The fraction of sp³-hybridized carbons (Fsp3) is 0. The Balaban J connectivity index is 1.71. The molecule has 220 valence electrons. The molecule has 1 aromatic heterocycles. The summed E-state index contributed by atoms with van der Waals surface area (Å²) >= 11 is 0. The number of hydrogen-bond donors (Lipinski definition) is 0. The Kier molecular flexibility index (Phi) is 9.93. The van der Waals surface area contributed by atoms with Crippen LogP contribution in [-0.2, 0) is 0 Å². The molecule has 0 saturated carbocycles. The van der Waals surface area contributed by atoms with E-state index in [-0.39, 0.29) is 170 Å². The fourth-order valence-electron chi connectivity index (χ4n) is 8.13. The minimum atomic E-state index is -0.112. The van der Waals surface area contributed by atoms with E-state index in [4.69, 9.17) is 153 Å². The van der Waals surface area contributed by atoms with Gasteiger partial charge in [-0.05, 0) is 54.9 Å². The maximum atomic E-state index is 7.15. The average Bonchev–Trinajstić information content (AvgIpc) is 3.62. The van der Waals surface area contributed by atoms with Gasteiger partial charge < -0.3 is 4.42 Å². The lowest BCUT2D eigenvalue weighted by Gasteiger charge is -2.32. The van der Waals surface area contributed by atoms with Crippen molar-refractivity contribution in [3.05, 3.63) is 30.3 Å². The zero-order chi connectivity index (χ0) is 42.3. The second-order valence-corrected chi connectivity index (χ2v) is 14.1. The number of hydrogen-bond acceptors (Lipinski definition) is 1. The van der Waals surface area contributed by atoms with Gasteiger partial charge in [0.2, 0.25) is 0 Å². The first-order valence-corrected chi connectivity index (χ1v) is 17.3. The van der Waals surface area contributed by atoms with Gasteiger partial charge in [0.25, 0.3) is 0 Å². The van der Waals surface area contributed by atoms with Gasteiger partial charge >= 0.3 is 0 Å². The van der Waals surface area contributed by atoms with Crippen LogP contribution in [0.4, 0.5) is 0 Å². The quantitative estimate of drug-likeness (QED) is 0.134. The molecule has 8 aromatic rings. The van der Waals surface area contributed by atoms with E-state index in [1.165, 1.54) is 0 Å². The molecule has 0 aliphatic heterocycles. The van der Waals surface area contributed by atoms with Crippen molar-refractivity contribution >= 4 is 296 Å². The summed E-state index contributed by atoms with van der Waals surface area (Å²) in [6.07, 6.45) is 0. The topological polar surface area (TPSA) is 13.1 Å². The third-order valence-corrected chi connectivity index (χ3v) is 11.2. The average molecular weight is 683 g/mol. The van der Waals surface area contributed by atoms with E-state index in [0.29, 0.717) is 11.1 Å². The summed E-state index contributed by atoms with van der Waals surface area (Å²) in [5.74, 6) is 0. The van der Waals surface area contributed by atoms with Crippen molar-refractivity contribution < 1.29 is 4.42 Å². The van der Waals surface area contributed by atoms with Crippen LogP contribution in [0.3, 0.4) is 0 Å². The normalized spacial score (nSPS) is 11.7. The van der Waals surface area contributed by atoms with E-state index in [1.807, 2.05) is 18.2 Å². The Bertz CT molecular complexity index is 3100. The van der Waals surface area contributed by atoms with Gasteiger partial charge in [0, 0.05) is 10.8 Å². The molecule has 0 N–H and O–H groups in total. The van der Waals surface area contributed by atoms with Crippen molar-refractivity contribution in [2.24, 2.45) is 0 Å². The van der Waals surface area contributed by atoms with Gasteiger partial charge in [0.05, 0.1) is 0 Å². The molecule has 0 bridgehead atoms. The highest BCUT2D eigenvalue weighted by molar-refractivity contribution is 6.74. The zero-order valence-electron chi connectivity index (χ0n) is 30.8. The van der Waals surface area contributed by atoms with E-state index in [1.54, 1.807) is 12.1 Å². The molecule has 0 aliphatic rings. The Labute approximate surface area is 362 Å². The Morgan fingerprint density at radius 2 is 0.500 bits per heavy atom. The van der Waals surface area contributed by atoms with Gasteiger partial charge in [-0.2, -0.15) is 0 Å². The van der Waals surface area contributed by atoms with Crippen molar-refractivity contribution in [3.63, 3.8) is 0 Å². The number of rotatable bonds is 3. The third-order valence-electron chi connectivity index (χ3n) is 11.2. The van der Waals surface area contributed by atoms with Crippen LogP contribution in [0.1, 0.15) is 0 Å². The second-order valence-electron chi connectivity index (χ2n) is 14.1. The molecule has 0 atom stereocenters. The first-order chi connectivity index (χ1) is 27.3. The molecule has 0 aliphatic carbocycles. The molecule has 7 aromatic carbocycles. The van der Waals surface area contributed by atoms with Crippen LogP contribution in [0.5, 0.6) is 0 Å². The Morgan fingerprint density at radius 1 is 0.224 bits per heavy atom. The highest BCUT2D eigenvalue weighted by atomic mass is 16.3. The summed E-state index contributed by atoms with van der Waals surface area (Å²) in [5, 5.41) is 0.808. The third kappa shape index (κ3) is 5.31. The summed E-state index contributed by atoms with van der Waals surface area (Å²) in [4.78, 5) is 0. The predicted molar refractivity (Wildman–Crippen MR) is 267 cm³/mol. The second kappa shape index (κ2) is 14.1. The molecule has 0 spiro atoms. The van der Waals surface area contributed by atoms with Crippen LogP contribution in [-0.4, -0.2) is 149 Å². The molecular formula is C38H5B19O. The van der Waals surface area contributed by atoms with E-state index in [2.05, 4.69) is 0 Å². The fourth-order valence-corrected chi connectivity index (χ4v) is 8.13. The first kappa shape index (κ1) is 40.9. The van der Waals surface area contributed by atoms with E-state index >= 15 is 0 Å². The highest BCUT2D eigenvalue weighted by Crippen LogP contribution is 2.39. The summed E-state index contributed by atoms with van der Waals surface area (Å²) in [5.41, 5.74) is 0.584. The zero-order valence-corrected chi connectivity index (χ0v) is 30.8. The molecule has 0 unspecified atom stereocenters. The summed E-state index contributed by atoms with van der Waals surface area (Å²) in [6.45, 7) is 0. The molecule has 0 amide bonds. The molecule has 8 rings (SSSR count). The monoisotopic (exact) mass is 686 g/mol. The summed E-state index contributed by atoms with van der Waals surface area (Å²) < 4.78 is 6.14. The highest BCUT2D eigenvalue weighted by Gasteiger charge is 2.30. The molecule has 0 saturated heterocycles. The molecule has 1 nitrogen and oxygen atoms in total. The van der Waals surface area contributed by atoms with Crippen LogP contribution in [0, 0.1) is 0 Å². The molecular weight excluding hydrogens is 678 g/mol. The van der Waals surface area contributed by atoms with E-state index < -0.39 is 0 Å². The Morgan fingerprint density at radius 3 is 0.897 bits per heavy atom. The molecule has 20 heteroatoms. The van der Waals surface area contributed by atoms with Gasteiger partial charge in [-0.25, -0.2) is 0 Å². The number of benzene rings is 7. The first-order valence-electron chi connectivity index (χ1n) is 17.3. The minimum Gasteiger partial charge on any atom is -0.457 e.